The fraction of sp³-hybridized carbons (Fsp3) is 0.0625. The van der Waals surface area contributed by atoms with Crippen molar-refractivity contribution >= 4 is 33.6 Å². The molecule has 2 aromatic carbocycles. The van der Waals surface area contributed by atoms with E-state index in [1.165, 1.54) is 24.3 Å². The van der Waals surface area contributed by atoms with Gasteiger partial charge in [-0.1, -0.05) is 29.8 Å². The third-order valence-corrected chi connectivity index (χ3v) is 4.18. The molecule has 11 heteroatoms. The maximum Gasteiger partial charge on any atom is 1.00 e. The first kappa shape index (κ1) is 23.6. The summed E-state index contributed by atoms with van der Waals surface area (Å²) < 4.78 is 78.2. The van der Waals surface area contributed by atoms with Crippen molar-refractivity contribution in [3.05, 3.63) is 75.4 Å². The minimum atomic E-state index is -5.05. The fourth-order valence-electron chi connectivity index (χ4n) is 1.87. The monoisotopic (exact) mass is 429 g/mol. The first-order valence-corrected chi connectivity index (χ1v) is 8.69. The van der Waals surface area contributed by atoms with E-state index in [4.69, 9.17) is 11.6 Å². The maximum absolute atomic E-state index is 13.0. The molecule has 0 fully saturated rings. The molecule has 0 aliphatic carbocycles. The van der Waals surface area contributed by atoms with Crippen molar-refractivity contribution in [2.24, 2.45) is 4.40 Å². The summed E-state index contributed by atoms with van der Waals surface area (Å²) in [7, 11) is -4.51. The van der Waals surface area contributed by atoms with Gasteiger partial charge in [0, 0.05) is 10.9 Å². The van der Waals surface area contributed by atoms with E-state index in [2.05, 4.69) is 4.40 Å². The van der Waals surface area contributed by atoms with Gasteiger partial charge in [0.15, 0.2) is 0 Å². The van der Waals surface area contributed by atoms with E-state index in [9.17, 15) is 31.1 Å². The molecule has 0 atom stereocenters. The molecule has 0 heterocycles. The first-order valence-electron chi connectivity index (χ1n) is 6.81. The summed E-state index contributed by atoms with van der Waals surface area (Å²) in [6, 6.07) is 7.18. The van der Waals surface area contributed by atoms with Gasteiger partial charge >= 0.3 is 35.7 Å². The molecule has 0 aliphatic rings. The van der Waals surface area contributed by atoms with Gasteiger partial charge in [-0.3, -0.25) is 0 Å². The Bertz CT molecular complexity index is 974. The van der Waals surface area contributed by atoms with Gasteiger partial charge in [0.2, 0.25) is 0 Å². The average molecular weight is 430 g/mol. The molecule has 0 saturated carbocycles. The second kappa shape index (κ2) is 9.20. The summed E-state index contributed by atoms with van der Waals surface area (Å²) in [5.41, 5.74) is -2.26. The molecule has 0 radical (unpaired) electrons. The number of rotatable bonds is 4. The molecule has 0 saturated heterocycles. The molecule has 0 aliphatic heterocycles. The Morgan fingerprint density at radius 1 is 1.11 bits per heavy atom. The Labute approximate surface area is 179 Å². The van der Waals surface area contributed by atoms with Crippen LogP contribution in [-0.4, -0.2) is 14.3 Å². The number of benzene rings is 2. The van der Waals surface area contributed by atoms with Crippen molar-refractivity contribution in [2.75, 3.05) is 0 Å². The van der Waals surface area contributed by atoms with E-state index in [-0.39, 0.29) is 35.6 Å². The zero-order valence-corrected chi connectivity index (χ0v) is 17.2. The van der Waals surface area contributed by atoms with E-state index in [1.807, 2.05) is 0 Å². The second-order valence-corrected chi connectivity index (χ2v) is 6.87. The van der Waals surface area contributed by atoms with Crippen LogP contribution in [0.3, 0.4) is 0 Å². The molecule has 0 spiro atoms. The van der Waals surface area contributed by atoms with Gasteiger partial charge in [0.1, 0.15) is 5.82 Å². The Kier molecular flexibility index (Phi) is 8.06. The summed E-state index contributed by atoms with van der Waals surface area (Å²) in [4.78, 5) is 0. The quantitative estimate of drug-likeness (QED) is 0.309. The molecule has 0 aromatic heterocycles. The van der Waals surface area contributed by atoms with Gasteiger partial charge in [-0.2, -0.15) is 26.0 Å². The Balaban J connectivity index is 0.00000364. The molecule has 2 rings (SSSR count). The van der Waals surface area contributed by atoms with Crippen molar-refractivity contribution in [2.45, 2.75) is 6.18 Å². The molecule has 0 amide bonds. The first-order chi connectivity index (χ1) is 12.0. The number of hydrogen-bond donors (Lipinski definition) is 0. The van der Waals surface area contributed by atoms with Crippen LogP contribution in [0.15, 0.2) is 52.3 Å². The van der Waals surface area contributed by atoms with Crippen LogP contribution >= 0.6 is 11.6 Å². The molecule has 138 valence electrons. The van der Waals surface area contributed by atoms with Crippen LogP contribution in [0.2, 0.25) is 5.02 Å². The number of nitrogens with zero attached hydrogens (tertiary/aromatic N) is 1. The van der Waals surface area contributed by atoms with Gasteiger partial charge in [0.25, 0.3) is 10.0 Å². The summed E-state index contributed by atoms with van der Waals surface area (Å²) in [6.07, 6.45) is -3.96. The second-order valence-electron chi connectivity index (χ2n) is 4.95. The van der Waals surface area contributed by atoms with Crippen LogP contribution in [0.1, 0.15) is 16.7 Å². The standard InChI is InChI=1S/C16H10ClF4NO3S.Na/c17-11-3-1-10(2-4-11)7-8-26(24,25)22-15(23)13-6-5-12(18)9-14(13)16(19,20)21;/h1-9H,(H,22,23);/q;+1/p-1/b8-7+;. The van der Waals surface area contributed by atoms with Crippen molar-refractivity contribution in [1.82, 2.24) is 0 Å². The zero-order chi connectivity index (χ0) is 19.5. The number of hydrogen-bond acceptors (Lipinski definition) is 3. The van der Waals surface area contributed by atoms with E-state index in [0.29, 0.717) is 28.1 Å². The molecule has 27 heavy (non-hydrogen) atoms. The predicted molar refractivity (Wildman–Crippen MR) is 87.3 cm³/mol. The predicted octanol–water partition coefficient (Wildman–Crippen LogP) is 0.609. The maximum atomic E-state index is 13.0. The largest absolute Gasteiger partial charge is 1.00 e. The van der Waals surface area contributed by atoms with Crippen molar-refractivity contribution in [3.8, 4) is 0 Å². The molecule has 0 bridgehead atoms. The number of sulfonamides is 1. The van der Waals surface area contributed by atoms with Crippen molar-refractivity contribution < 1.29 is 60.6 Å². The van der Waals surface area contributed by atoms with Crippen LogP contribution in [0.25, 0.3) is 6.08 Å². The van der Waals surface area contributed by atoms with Crippen LogP contribution < -0.4 is 34.7 Å². The number of halogens is 5. The fourth-order valence-corrected chi connectivity index (χ4v) is 2.72. The Morgan fingerprint density at radius 3 is 2.26 bits per heavy atom. The molecule has 0 N–H and O–H groups in total. The summed E-state index contributed by atoms with van der Waals surface area (Å²) in [6.45, 7) is 0. The van der Waals surface area contributed by atoms with E-state index < -0.39 is 39.0 Å². The zero-order valence-electron chi connectivity index (χ0n) is 13.7. The van der Waals surface area contributed by atoms with Crippen LogP contribution in [0.5, 0.6) is 0 Å². The average Bonchev–Trinajstić information content (AvgIpc) is 2.53. The molecular weight excluding hydrogens is 421 g/mol. The van der Waals surface area contributed by atoms with Gasteiger partial charge in [-0.25, -0.2) is 4.39 Å². The van der Waals surface area contributed by atoms with E-state index >= 15 is 0 Å². The van der Waals surface area contributed by atoms with Crippen LogP contribution in [-0.2, 0) is 16.2 Å². The summed E-state index contributed by atoms with van der Waals surface area (Å²) in [5.74, 6) is -2.88. The molecular formula is C16H9ClF4NNaO3S. The molecule has 4 nitrogen and oxygen atoms in total. The Morgan fingerprint density at radius 2 is 1.70 bits per heavy atom. The topological polar surface area (TPSA) is 69.6 Å². The smallest absolute Gasteiger partial charge is 0.858 e. The summed E-state index contributed by atoms with van der Waals surface area (Å²) >= 11 is 5.68. The Hall–Kier alpha value is -1.39. The minimum absolute atomic E-state index is 0. The minimum Gasteiger partial charge on any atom is -0.858 e. The van der Waals surface area contributed by atoms with Crippen molar-refractivity contribution in [3.63, 3.8) is 0 Å². The van der Waals surface area contributed by atoms with Gasteiger partial charge in [-0.15, -0.1) is 0 Å². The van der Waals surface area contributed by atoms with E-state index in [0.717, 1.165) is 6.08 Å². The van der Waals surface area contributed by atoms with Crippen LogP contribution in [0, 0.1) is 5.82 Å². The van der Waals surface area contributed by atoms with E-state index in [1.54, 1.807) is 0 Å². The van der Waals surface area contributed by atoms with Gasteiger partial charge < -0.3 is 5.11 Å². The number of alkyl halides is 3. The molecule has 2 aromatic rings. The third kappa shape index (κ3) is 6.93. The molecule has 0 unspecified atom stereocenters. The SMILES string of the molecule is O=S(=O)(/C=C/c1ccc(Cl)cc1)/N=C(\[O-])c1ccc(F)cc1C(F)(F)F.[Na+]. The third-order valence-electron chi connectivity index (χ3n) is 3.03. The van der Waals surface area contributed by atoms with Gasteiger partial charge in [0.05, 0.1) is 11.0 Å². The summed E-state index contributed by atoms with van der Waals surface area (Å²) in [5, 5.41) is 12.9. The van der Waals surface area contributed by atoms with Crippen molar-refractivity contribution in [1.29, 1.82) is 0 Å². The van der Waals surface area contributed by atoms with Gasteiger partial charge in [-0.05, 0) is 41.5 Å². The van der Waals surface area contributed by atoms with Crippen LogP contribution in [0.4, 0.5) is 17.6 Å². The normalized spacial score (nSPS) is 12.9.